The maximum absolute atomic E-state index is 11.9. The fraction of sp³-hybridized carbons (Fsp3) is 0.412. The van der Waals surface area contributed by atoms with Gasteiger partial charge in [-0.3, -0.25) is 4.79 Å². The molecule has 1 amide bonds. The highest BCUT2D eigenvalue weighted by Gasteiger charge is 2.13. The summed E-state index contributed by atoms with van der Waals surface area (Å²) < 4.78 is 13.2. The summed E-state index contributed by atoms with van der Waals surface area (Å²) >= 11 is 3.29. The average Bonchev–Trinajstić information content (AvgIpc) is 3.17. The van der Waals surface area contributed by atoms with Gasteiger partial charge in [-0.15, -0.1) is 22.7 Å². The highest BCUT2D eigenvalue weighted by Crippen LogP contribution is 2.38. The van der Waals surface area contributed by atoms with Gasteiger partial charge >= 0.3 is 0 Å². The lowest BCUT2D eigenvalue weighted by Gasteiger charge is -2.09. The van der Waals surface area contributed by atoms with Gasteiger partial charge in [-0.05, 0) is 31.7 Å². The van der Waals surface area contributed by atoms with Gasteiger partial charge in [0.25, 0.3) is 5.91 Å². The minimum atomic E-state index is -0.115. The Kier molecular flexibility index (Phi) is 5.65. The molecule has 0 saturated heterocycles. The summed E-state index contributed by atoms with van der Waals surface area (Å²) in [5.41, 5.74) is 1.02. The van der Waals surface area contributed by atoms with Gasteiger partial charge < -0.3 is 14.8 Å². The van der Waals surface area contributed by atoms with Crippen molar-refractivity contribution in [2.24, 2.45) is 0 Å². The number of nitrogens with one attached hydrogen (secondary N) is 1. The molecule has 0 radical (unpaired) electrons. The minimum absolute atomic E-state index is 0.0167. The van der Waals surface area contributed by atoms with Gasteiger partial charge in [0.2, 0.25) is 0 Å². The summed E-state index contributed by atoms with van der Waals surface area (Å²) in [5, 5.41) is 6.92. The zero-order chi connectivity index (χ0) is 16.9. The van der Waals surface area contributed by atoms with E-state index in [4.69, 9.17) is 9.47 Å². The van der Waals surface area contributed by atoms with E-state index < -0.39 is 0 Å². The maximum Gasteiger partial charge on any atom is 0.257 e. The zero-order valence-electron chi connectivity index (χ0n) is 13.8. The van der Waals surface area contributed by atoms with Crippen LogP contribution in [0.1, 0.15) is 18.4 Å². The predicted octanol–water partition coefficient (Wildman–Crippen LogP) is 3.74. The lowest BCUT2D eigenvalue weighted by molar-refractivity contribution is -0.123. The van der Waals surface area contributed by atoms with E-state index in [1.807, 2.05) is 31.4 Å². The second-order valence-electron chi connectivity index (χ2n) is 5.31. The van der Waals surface area contributed by atoms with Crippen molar-refractivity contribution in [3.63, 3.8) is 0 Å². The van der Waals surface area contributed by atoms with E-state index in [0.717, 1.165) is 37.5 Å². The van der Waals surface area contributed by atoms with Crippen molar-refractivity contribution < 1.29 is 14.3 Å². The molecule has 0 spiro atoms. The topological polar surface area (TPSA) is 60.5 Å². The number of hydrogen-bond acceptors (Lipinski definition) is 6. The van der Waals surface area contributed by atoms with Gasteiger partial charge in [-0.1, -0.05) is 0 Å². The van der Waals surface area contributed by atoms with Gasteiger partial charge in [0.1, 0.15) is 5.75 Å². The van der Waals surface area contributed by atoms with Gasteiger partial charge in [0, 0.05) is 31.2 Å². The molecule has 0 unspecified atom stereocenters. The van der Waals surface area contributed by atoms with E-state index in [2.05, 4.69) is 10.3 Å². The summed E-state index contributed by atoms with van der Waals surface area (Å²) in [6, 6.07) is 4.00. The molecule has 128 valence electrons. The first-order valence-electron chi connectivity index (χ1n) is 7.93. The van der Waals surface area contributed by atoms with Crippen LogP contribution in [-0.4, -0.2) is 37.3 Å². The van der Waals surface area contributed by atoms with Crippen LogP contribution in [0, 0.1) is 6.92 Å². The van der Waals surface area contributed by atoms with E-state index in [1.165, 1.54) is 0 Å². The minimum Gasteiger partial charge on any atom is -0.483 e. The highest BCUT2D eigenvalue weighted by atomic mass is 32.1. The number of aromatic nitrogens is 1. The molecule has 3 rings (SSSR count). The summed E-state index contributed by atoms with van der Waals surface area (Å²) in [5.74, 6) is 0.627. The van der Waals surface area contributed by atoms with Crippen LogP contribution >= 0.6 is 22.7 Å². The number of thiophene rings is 1. The average molecular weight is 364 g/mol. The van der Waals surface area contributed by atoms with Crippen molar-refractivity contribution in [1.82, 2.24) is 10.3 Å². The van der Waals surface area contributed by atoms with E-state index >= 15 is 0 Å². The van der Waals surface area contributed by atoms with Gasteiger partial charge in [-0.2, -0.15) is 0 Å². The Morgan fingerprint density at radius 3 is 3.12 bits per heavy atom. The fourth-order valence-corrected chi connectivity index (χ4v) is 4.28. The van der Waals surface area contributed by atoms with E-state index in [1.54, 1.807) is 22.7 Å². The predicted molar refractivity (Wildman–Crippen MR) is 99.4 cm³/mol. The van der Waals surface area contributed by atoms with Crippen LogP contribution in [0.4, 0.5) is 0 Å². The Labute approximate surface area is 148 Å². The molecule has 0 atom stereocenters. The summed E-state index contributed by atoms with van der Waals surface area (Å²) in [7, 11) is 0. The Bertz CT molecular complexity index is 841. The van der Waals surface area contributed by atoms with Crippen molar-refractivity contribution in [1.29, 1.82) is 0 Å². The number of benzene rings is 1. The fourth-order valence-electron chi connectivity index (χ4n) is 2.45. The first-order chi connectivity index (χ1) is 11.7. The number of thiazole rings is 1. The molecule has 24 heavy (non-hydrogen) atoms. The number of aryl methyl sites for hydroxylation is 1. The molecule has 0 aliphatic heterocycles. The molecule has 0 saturated carbocycles. The number of nitrogens with zero attached hydrogens (tertiary/aromatic N) is 1. The molecule has 3 aromatic rings. The third kappa shape index (κ3) is 3.85. The summed E-state index contributed by atoms with van der Waals surface area (Å²) in [6.45, 7) is 5.94. The second-order valence-corrected chi connectivity index (χ2v) is 7.46. The monoisotopic (exact) mass is 364 g/mol. The number of carbonyl (C=O) groups is 1. The van der Waals surface area contributed by atoms with Crippen LogP contribution in [0.2, 0.25) is 0 Å². The van der Waals surface area contributed by atoms with Crippen molar-refractivity contribution >= 4 is 48.9 Å². The number of hydrogen-bond donors (Lipinski definition) is 1. The van der Waals surface area contributed by atoms with E-state index in [9.17, 15) is 4.79 Å². The van der Waals surface area contributed by atoms with Crippen molar-refractivity contribution in [2.45, 2.75) is 20.3 Å². The molecule has 0 aliphatic rings. The number of amides is 1. The normalized spacial score (nSPS) is 11.2. The Hall–Kier alpha value is -1.70. The first-order valence-corrected chi connectivity index (χ1v) is 9.63. The van der Waals surface area contributed by atoms with Crippen molar-refractivity contribution in [2.75, 3.05) is 26.4 Å². The number of fused-ring (bicyclic) bond motifs is 3. The van der Waals surface area contributed by atoms with E-state index in [-0.39, 0.29) is 12.5 Å². The largest absolute Gasteiger partial charge is 0.483 e. The highest BCUT2D eigenvalue weighted by molar-refractivity contribution is 7.21. The van der Waals surface area contributed by atoms with Crippen molar-refractivity contribution in [3.05, 3.63) is 22.5 Å². The molecule has 0 fully saturated rings. The van der Waals surface area contributed by atoms with E-state index in [0.29, 0.717) is 19.8 Å². The summed E-state index contributed by atoms with van der Waals surface area (Å²) in [6.07, 6.45) is 0.806. The summed E-state index contributed by atoms with van der Waals surface area (Å²) in [4.78, 5) is 16.5. The Balaban J connectivity index is 1.64. The number of rotatable bonds is 8. The van der Waals surface area contributed by atoms with Crippen LogP contribution in [-0.2, 0) is 9.53 Å². The lowest BCUT2D eigenvalue weighted by atomic mass is 10.2. The number of carbonyl (C=O) groups excluding carboxylic acids is 1. The van der Waals surface area contributed by atoms with Crippen LogP contribution in [0.5, 0.6) is 5.75 Å². The van der Waals surface area contributed by atoms with Crippen LogP contribution < -0.4 is 10.1 Å². The van der Waals surface area contributed by atoms with Crippen molar-refractivity contribution in [3.8, 4) is 5.75 Å². The van der Waals surface area contributed by atoms with Gasteiger partial charge in [-0.25, -0.2) is 4.98 Å². The third-order valence-electron chi connectivity index (χ3n) is 3.52. The molecule has 2 aromatic heterocycles. The molecule has 1 aromatic carbocycles. The van der Waals surface area contributed by atoms with Crippen LogP contribution in [0.3, 0.4) is 0 Å². The lowest BCUT2D eigenvalue weighted by Crippen LogP contribution is -2.30. The van der Waals surface area contributed by atoms with Crippen LogP contribution in [0.15, 0.2) is 17.5 Å². The molecule has 0 aliphatic carbocycles. The second kappa shape index (κ2) is 7.92. The molecule has 7 heteroatoms. The van der Waals surface area contributed by atoms with Crippen LogP contribution in [0.25, 0.3) is 20.3 Å². The molecule has 0 bridgehead atoms. The zero-order valence-corrected chi connectivity index (χ0v) is 15.4. The SMILES string of the molecule is CCOCCCNC(=O)COc1cc2sc(C)nc2c2sccc12. The molecule has 1 N–H and O–H groups in total. The maximum atomic E-state index is 11.9. The smallest absolute Gasteiger partial charge is 0.257 e. The molecule has 5 nitrogen and oxygen atoms in total. The molecule has 2 heterocycles. The number of ether oxygens (including phenoxy) is 2. The standard InChI is InChI=1S/C17H20N2O3S2/c1-3-21-7-4-6-18-15(20)10-22-13-9-14-16(19-11(2)24-14)17-12(13)5-8-23-17/h5,8-9H,3-4,6-7,10H2,1-2H3,(H,18,20). The Morgan fingerprint density at radius 2 is 2.29 bits per heavy atom. The molecular weight excluding hydrogens is 344 g/mol. The quantitative estimate of drug-likeness (QED) is 0.619. The molecular formula is C17H20N2O3S2. The third-order valence-corrected chi connectivity index (χ3v) is 5.36. The van der Waals surface area contributed by atoms with Gasteiger partial charge in [0.05, 0.1) is 19.9 Å². The Morgan fingerprint density at radius 1 is 1.42 bits per heavy atom. The first kappa shape index (κ1) is 17.1. The van der Waals surface area contributed by atoms with Gasteiger partial charge in [0.15, 0.2) is 6.61 Å².